The van der Waals surface area contributed by atoms with Crippen molar-refractivity contribution in [2.45, 2.75) is 45.1 Å². The minimum absolute atomic E-state index is 0.376. The van der Waals surface area contributed by atoms with Crippen LogP contribution in [0.25, 0.3) is 0 Å². The monoisotopic (exact) mass is 253 g/mol. The Labute approximate surface area is 108 Å². The number of carbonyl (C=O) groups excluding carboxylic acids is 1. The molecule has 0 spiro atoms. The third-order valence-electron chi connectivity index (χ3n) is 2.83. The Kier molecular flexibility index (Phi) is 6.43. The number of aromatic nitrogens is 2. The van der Waals surface area contributed by atoms with Crippen molar-refractivity contribution in [3.05, 3.63) is 18.0 Å². The summed E-state index contributed by atoms with van der Waals surface area (Å²) in [6.07, 6.45) is 8.98. The zero-order valence-corrected chi connectivity index (χ0v) is 11.3. The van der Waals surface area contributed by atoms with Gasteiger partial charge in [0, 0.05) is 18.8 Å². The van der Waals surface area contributed by atoms with Gasteiger partial charge < -0.3 is 10.5 Å². The summed E-state index contributed by atoms with van der Waals surface area (Å²) in [5.41, 5.74) is 6.47. The zero-order valence-electron chi connectivity index (χ0n) is 11.3. The van der Waals surface area contributed by atoms with Gasteiger partial charge in [-0.05, 0) is 6.42 Å². The lowest BCUT2D eigenvalue weighted by molar-refractivity contribution is -0.145. The molecule has 0 amide bonds. The number of carbonyl (C=O) groups is 1. The molecule has 1 aromatic rings. The Morgan fingerprint density at radius 2 is 2.17 bits per heavy atom. The van der Waals surface area contributed by atoms with Crippen LogP contribution >= 0.6 is 0 Å². The molecule has 0 aliphatic heterocycles. The van der Waals surface area contributed by atoms with Gasteiger partial charge in [0.05, 0.1) is 12.8 Å². The number of unbranched alkanes of at least 4 members (excludes halogenated alkanes) is 4. The van der Waals surface area contributed by atoms with Crippen molar-refractivity contribution in [2.75, 3.05) is 6.61 Å². The van der Waals surface area contributed by atoms with Gasteiger partial charge in [0.2, 0.25) is 0 Å². The molecule has 0 aromatic carbocycles. The quantitative estimate of drug-likeness (QED) is 0.567. The second-order valence-electron chi connectivity index (χ2n) is 4.51. The number of hydrogen-bond donors (Lipinski definition) is 1. The van der Waals surface area contributed by atoms with Gasteiger partial charge in [-0.15, -0.1) is 0 Å². The maximum Gasteiger partial charge on any atom is 0.327 e. The van der Waals surface area contributed by atoms with Gasteiger partial charge in [-0.25, -0.2) is 4.79 Å². The van der Waals surface area contributed by atoms with E-state index in [4.69, 9.17) is 10.5 Å². The van der Waals surface area contributed by atoms with Crippen LogP contribution in [-0.4, -0.2) is 22.4 Å². The third-order valence-corrected chi connectivity index (χ3v) is 2.83. The fraction of sp³-hybridized carbons (Fsp3) is 0.692. The smallest absolute Gasteiger partial charge is 0.327 e. The SMILES string of the molecule is CCCCCCCOC(=O)C(N)c1cnn(C)c1. The molecule has 1 aromatic heterocycles. The summed E-state index contributed by atoms with van der Waals surface area (Å²) in [7, 11) is 1.79. The molecule has 0 saturated heterocycles. The molecule has 1 heterocycles. The van der Waals surface area contributed by atoms with E-state index in [-0.39, 0.29) is 5.97 Å². The molecule has 18 heavy (non-hydrogen) atoms. The predicted octanol–water partition coefficient (Wildman–Crippen LogP) is 1.93. The first kappa shape index (κ1) is 14.7. The molecule has 5 heteroatoms. The molecule has 102 valence electrons. The van der Waals surface area contributed by atoms with Crippen LogP contribution < -0.4 is 5.73 Å². The molecule has 0 radical (unpaired) electrons. The number of nitrogens with two attached hydrogens (primary N) is 1. The fourth-order valence-electron chi connectivity index (χ4n) is 1.70. The molecule has 1 atom stereocenters. The molecule has 0 fully saturated rings. The highest BCUT2D eigenvalue weighted by atomic mass is 16.5. The van der Waals surface area contributed by atoms with E-state index in [0.29, 0.717) is 12.2 Å². The second-order valence-corrected chi connectivity index (χ2v) is 4.51. The zero-order chi connectivity index (χ0) is 13.4. The van der Waals surface area contributed by atoms with E-state index in [1.54, 1.807) is 24.1 Å². The normalized spacial score (nSPS) is 12.4. The molecule has 2 N–H and O–H groups in total. The summed E-state index contributed by atoms with van der Waals surface area (Å²) in [4.78, 5) is 11.7. The van der Waals surface area contributed by atoms with Crippen molar-refractivity contribution in [1.29, 1.82) is 0 Å². The summed E-state index contributed by atoms with van der Waals surface area (Å²) < 4.78 is 6.76. The van der Waals surface area contributed by atoms with Gasteiger partial charge in [-0.2, -0.15) is 5.10 Å². The van der Waals surface area contributed by atoms with Crippen molar-refractivity contribution >= 4 is 5.97 Å². The molecular formula is C13H23N3O2. The summed E-state index contributed by atoms with van der Waals surface area (Å²) in [6, 6.07) is -0.727. The van der Waals surface area contributed by atoms with E-state index < -0.39 is 6.04 Å². The largest absolute Gasteiger partial charge is 0.464 e. The first-order valence-electron chi connectivity index (χ1n) is 6.56. The minimum Gasteiger partial charge on any atom is -0.464 e. The number of rotatable bonds is 8. The Morgan fingerprint density at radius 1 is 1.44 bits per heavy atom. The van der Waals surface area contributed by atoms with Crippen molar-refractivity contribution in [3.63, 3.8) is 0 Å². The molecule has 1 unspecified atom stereocenters. The molecule has 0 bridgehead atoms. The lowest BCUT2D eigenvalue weighted by Gasteiger charge is -2.09. The van der Waals surface area contributed by atoms with E-state index in [9.17, 15) is 4.79 Å². The molecule has 5 nitrogen and oxygen atoms in total. The highest BCUT2D eigenvalue weighted by Crippen LogP contribution is 2.11. The Balaban J connectivity index is 2.20. The first-order chi connectivity index (χ1) is 8.65. The third kappa shape index (κ3) is 4.87. The van der Waals surface area contributed by atoms with Gasteiger partial charge in [0.25, 0.3) is 0 Å². The van der Waals surface area contributed by atoms with E-state index in [1.165, 1.54) is 19.3 Å². The summed E-state index contributed by atoms with van der Waals surface area (Å²) >= 11 is 0. The lowest BCUT2D eigenvalue weighted by Crippen LogP contribution is -2.23. The topological polar surface area (TPSA) is 70.1 Å². The van der Waals surface area contributed by atoms with Gasteiger partial charge >= 0.3 is 5.97 Å². The minimum atomic E-state index is -0.727. The van der Waals surface area contributed by atoms with Crippen molar-refractivity contribution < 1.29 is 9.53 Å². The molecular weight excluding hydrogens is 230 g/mol. The number of aryl methyl sites for hydroxylation is 1. The van der Waals surface area contributed by atoms with Crippen LogP contribution in [0.15, 0.2) is 12.4 Å². The Morgan fingerprint density at radius 3 is 2.78 bits per heavy atom. The van der Waals surface area contributed by atoms with Crippen LogP contribution in [0.2, 0.25) is 0 Å². The number of ether oxygens (including phenoxy) is 1. The summed E-state index contributed by atoms with van der Waals surface area (Å²) in [5.74, 6) is -0.376. The Hall–Kier alpha value is -1.36. The van der Waals surface area contributed by atoms with Gasteiger partial charge in [0.15, 0.2) is 0 Å². The van der Waals surface area contributed by atoms with Crippen molar-refractivity contribution in [3.8, 4) is 0 Å². The number of esters is 1. The predicted molar refractivity (Wildman–Crippen MR) is 69.9 cm³/mol. The standard InChI is InChI=1S/C13H23N3O2/c1-3-4-5-6-7-8-18-13(17)12(14)11-9-15-16(2)10-11/h9-10,12H,3-8,14H2,1-2H3. The highest BCUT2D eigenvalue weighted by molar-refractivity contribution is 5.77. The van der Waals surface area contributed by atoms with E-state index in [1.807, 2.05) is 0 Å². The van der Waals surface area contributed by atoms with Crippen LogP contribution in [0, 0.1) is 0 Å². The van der Waals surface area contributed by atoms with E-state index >= 15 is 0 Å². The molecule has 0 saturated carbocycles. The molecule has 1 rings (SSSR count). The average Bonchev–Trinajstić information content (AvgIpc) is 2.79. The average molecular weight is 253 g/mol. The van der Waals surface area contributed by atoms with Crippen LogP contribution in [0.4, 0.5) is 0 Å². The highest BCUT2D eigenvalue weighted by Gasteiger charge is 2.18. The van der Waals surface area contributed by atoms with Gasteiger partial charge in [-0.1, -0.05) is 32.6 Å². The summed E-state index contributed by atoms with van der Waals surface area (Å²) in [5, 5.41) is 3.98. The first-order valence-corrected chi connectivity index (χ1v) is 6.56. The Bertz CT molecular complexity index is 363. The van der Waals surface area contributed by atoms with E-state index in [2.05, 4.69) is 12.0 Å². The number of hydrogen-bond acceptors (Lipinski definition) is 4. The van der Waals surface area contributed by atoms with E-state index in [0.717, 1.165) is 12.8 Å². The van der Waals surface area contributed by atoms with Crippen molar-refractivity contribution in [2.24, 2.45) is 12.8 Å². The van der Waals surface area contributed by atoms with Crippen LogP contribution in [0.1, 0.15) is 50.6 Å². The van der Waals surface area contributed by atoms with Crippen LogP contribution in [0.5, 0.6) is 0 Å². The fourth-order valence-corrected chi connectivity index (χ4v) is 1.70. The summed E-state index contributed by atoms with van der Waals surface area (Å²) in [6.45, 7) is 2.63. The van der Waals surface area contributed by atoms with Crippen molar-refractivity contribution in [1.82, 2.24) is 9.78 Å². The number of nitrogens with zero attached hydrogens (tertiary/aromatic N) is 2. The maximum absolute atomic E-state index is 11.7. The molecule has 0 aliphatic carbocycles. The molecule has 0 aliphatic rings. The maximum atomic E-state index is 11.7. The van der Waals surface area contributed by atoms with Crippen LogP contribution in [-0.2, 0) is 16.6 Å². The van der Waals surface area contributed by atoms with Crippen LogP contribution in [0.3, 0.4) is 0 Å². The lowest BCUT2D eigenvalue weighted by atomic mass is 10.1. The van der Waals surface area contributed by atoms with Gasteiger partial charge in [0.1, 0.15) is 6.04 Å². The van der Waals surface area contributed by atoms with Gasteiger partial charge in [-0.3, -0.25) is 4.68 Å². The second kappa shape index (κ2) is 7.87.